The Kier molecular flexibility index (Phi) is 7.74. The van der Waals surface area contributed by atoms with Crippen LogP contribution in [0.4, 0.5) is 17.6 Å². The fourth-order valence-corrected chi connectivity index (χ4v) is 3.49. The van der Waals surface area contributed by atoms with Gasteiger partial charge < -0.3 is 9.47 Å². The van der Waals surface area contributed by atoms with Crippen molar-refractivity contribution in [1.82, 2.24) is 0 Å². The van der Waals surface area contributed by atoms with E-state index in [1.54, 1.807) is 25.1 Å². The van der Waals surface area contributed by atoms with Crippen LogP contribution in [0, 0.1) is 5.82 Å². The number of hydrogen-bond donors (Lipinski definition) is 0. The average molecular weight is 460 g/mol. The summed E-state index contributed by atoms with van der Waals surface area (Å²) in [5.41, 5.74) is 1.00. The lowest BCUT2D eigenvalue weighted by Gasteiger charge is -2.18. The third kappa shape index (κ3) is 6.34. The van der Waals surface area contributed by atoms with Gasteiger partial charge in [-0.3, -0.25) is 4.79 Å². The normalized spacial score (nSPS) is 12.3. The molecule has 0 spiro atoms. The third-order valence-electron chi connectivity index (χ3n) is 5.07. The summed E-state index contributed by atoms with van der Waals surface area (Å²) in [5.74, 6) is -0.585. The molecule has 0 heterocycles. The number of carbonyl (C=O) groups excluding carboxylic acids is 1. The first-order valence-electron chi connectivity index (χ1n) is 10.6. The Bertz CT molecular complexity index is 1070. The number of carbonyl (C=O) groups is 1. The highest BCUT2D eigenvalue weighted by Gasteiger charge is 2.30. The molecular formula is C26H24F4O3. The molecule has 0 bridgehead atoms. The van der Waals surface area contributed by atoms with Crippen molar-refractivity contribution in [3.8, 4) is 22.6 Å². The Labute approximate surface area is 190 Å². The predicted molar refractivity (Wildman–Crippen MR) is 118 cm³/mol. The van der Waals surface area contributed by atoms with Gasteiger partial charge in [-0.1, -0.05) is 31.5 Å². The molecule has 0 radical (unpaired) electrons. The van der Waals surface area contributed by atoms with E-state index in [0.717, 1.165) is 18.6 Å². The van der Waals surface area contributed by atoms with Crippen LogP contribution in [0.5, 0.6) is 11.5 Å². The van der Waals surface area contributed by atoms with Gasteiger partial charge in [0.1, 0.15) is 17.3 Å². The third-order valence-corrected chi connectivity index (χ3v) is 5.07. The van der Waals surface area contributed by atoms with Gasteiger partial charge in [0.25, 0.3) is 0 Å². The van der Waals surface area contributed by atoms with Crippen LogP contribution < -0.4 is 4.74 Å². The molecule has 0 aliphatic heterocycles. The lowest BCUT2D eigenvalue weighted by Crippen LogP contribution is -2.16. The molecule has 0 saturated heterocycles. The fraction of sp³-hybridized carbons (Fsp3) is 0.269. The highest BCUT2D eigenvalue weighted by Crippen LogP contribution is 2.36. The molecule has 0 fully saturated rings. The summed E-state index contributed by atoms with van der Waals surface area (Å²) in [6.45, 7) is 3.90. The SMILES string of the molecule is CCCC(C(=O)OCC)c1cc(Oc2ccc(F)cc2)cc(-c2ccc(C(F)(F)F)cc2)c1. The molecule has 3 rings (SSSR count). The lowest BCUT2D eigenvalue weighted by atomic mass is 9.91. The monoisotopic (exact) mass is 460 g/mol. The van der Waals surface area contributed by atoms with E-state index in [0.29, 0.717) is 34.6 Å². The smallest absolute Gasteiger partial charge is 0.416 e. The molecule has 1 unspecified atom stereocenters. The molecule has 3 aromatic rings. The van der Waals surface area contributed by atoms with Crippen molar-refractivity contribution in [1.29, 1.82) is 0 Å². The van der Waals surface area contributed by atoms with E-state index < -0.39 is 23.5 Å². The first kappa shape index (κ1) is 24.3. The molecule has 1 atom stereocenters. The minimum Gasteiger partial charge on any atom is -0.466 e. The van der Waals surface area contributed by atoms with E-state index in [2.05, 4.69) is 0 Å². The summed E-state index contributed by atoms with van der Waals surface area (Å²) in [6, 6.07) is 15.4. The van der Waals surface area contributed by atoms with Crippen LogP contribution >= 0.6 is 0 Å². The summed E-state index contributed by atoms with van der Waals surface area (Å²) < 4.78 is 63.3. The van der Waals surface area contributed by atoms with E-state index in [9.17, 15) is 22.4 Å². The van der Waals surface area contributed by atoms with Crippen molar-refractivity contribution in [3.05, 3.63) is 83.7 Å². The molecule has 7 heteroatoms. The summed E-state index contributed by atoms with van der Waals surface area (Å²) in [4.78, 5) is 12.6. The Morgan fingerprint density at radius 2 is 1.55 bits per heavy atom. The molecule has 0 amide bonds. The quantitative estimate of drug-likeness (QED) is 0.255. The van der Waals surface area contributed by atoms with E-state index in [1.165, 1.54) is 36.4 Å². The van der Waals surface area contributed by atoms with Gasteiger partial charge in [0.05, 0.1) is 18.1 Å². The minimum atomic E-state index is -4.44. The van der Waals surface area contributed by atoms with Crippen LogP contribution in [0.15, 0.2) is 66.7 Å². The summed E-state index contributed by atoms with van der Waals surface area (Å²) in [6.07, 6.45) is -3.18. The zero-order chi connectivity index (χ0) is 24.0. The largest absolute Gasteiger partial charge is 0.466 e. The van der Waals surface area contributed by atoms with Crippen LogP contribution in [0.3, 0.4) is 0 Å². The van der Waals surface area contributed by atoms with Gasteiger partial charge in [-0.2, -0.15) is 13.2 Å². The van der Waals surface area contributed by atoms with Crippen LogP contribution in [-0.4, -0.2) is 12.6 Å². The molecular weight excluding hydrogens is 436 g/mol. The molecule has 0 N–H and O–H groups in total. The van der Waals surface area contributed by atoms with Gasteiger partial charge in [0.15, 0.2) is 0 Å². The van der Waals surface area contributed by atoms with Gasteiger partial charge in [-0.05, 0) is 78.6 Å². The zero-order valence-electron chi connectivity index (χ0n) is 18.3. The van der Waals surface area contributed by atoms with Crippen LogP contribution in [0.25, 0.3) is 11.1 Å². The maximum absolute atomic E-state index is 13.3. The number of hydrogen-bond acceptors (Lipinski definition) is 3. The molecule has 3 nitrogen and oxygen atoms in total. The van der Waals surface area contributed by atoms with Crippen molar-refractivity contribution < 1.29 is 31.8 Å². The first-order chi connectivity index (χ1) is 15.7. The van der Waals surface area contributed by atoms with Gasteiger partial charge in [-0.25, -0.2) is 4.39 Å². The second kappa shape index (κ2) is 10.5. The number of esters is 1. The van der Waals surface area contributed by atoms with Crippen molar-refractivity contribution in [2.24, 2.45) is 0 Å². The maximum Gasteiger partial charge on any atom is 0.416 e. The van der Waals surface area contributed by atoms with E-state index in [1.807, 2.05) is 6.92 Å². The van der Waals surface area contributed by atoms with E-state index >= 15 is 0 Å². The molecule has 0 saturated carbocycles. The Morgan fingerprint density at radius 3 is 2.12 bits per heavy atom. The van der Waals surface area contributed by atoms with Crippen molar-refractivity contribution >= 4 is 5.97 Å². The molecule has 33 heavy (non-hydrogen) atoms. The Morgan fingerprint density at radius 1 is 0.879 bits per heavy atom. The molecule has 0 aliphatic carbocycles. The molecule has 0 aromatic heterocycles. The summed E-state index contributed by atoms with van der Waals surface area (Å²) >= 11 is 0. The highest BCUT2D eigenvalue weighted by atomic mass is 19.4. The summed E-state index contributed by atoms with van der Waals surface area (Å²) in [5, 5.41) is 0. The highest BCUT2D eigenvalue weighted by molar-refractivity contribution is 5.79. The first-order valence-corrected chi connectivity index (χ1v) is 10.6. The molecule has 3 aromatic carbocycles. The van der Waals surface area contributed by atoms with Gasteiger partial charge in [-0.15, -0.1) is 0 Å². The number of halogens is 4. The van der Waals surface area contributed by atoms with Gasteiger partial charge in [0.2, 0.25) is 0 Å². The minimum absolute atomic E-state index is 0.233. The number of alkyl halides is 3. The van der Waals surface area contributed by atoms with Crippen molar-refractivity contribution in [2.75, 3.05) is 6.61 Å². The van der Waals surface area contributed by atoms with Crippen LogP contribution in [-0.2, 0) is 15.7 Å². The van der Waals surface area contributed by atoms with Crippen LogP contribution in [0.1, 0.15) is 43.7 Å². The average Bonchev–Trinajstić information content (AvgIpc) is 2.78. The predicted octanol–water partition coefficient (Wildman–Crippen LogP) is 7.75. The van der Waals surface area contributed by atoms with Gasteiger partial charge >= 0.3 is 12.1 Å². The maximum atomic E-state index is 13.3. The number of benzene rings is 3. The second-order valence-corrected chi connectivity index (χ2v) is 7.52. The lowest BCUT2D eigenvalue weighted by molar-refractivity contribution is -0.145. The van der Waals surface area contributed by atoms with Crippen molar-refractivity contribution in [3.63, 3.8) is 0 Å². The van der Waals surface area contributed by atoms with Crippen LogP contribution in [0.2, 0.25) is 0 Å². The Hall–Kier alpha value is -3.35. The Balaban J connectivity index is 2.06. The second-order valence-electron chi connectivity index (χ2n) is 7.52. The number of rotatable bonds is 8. The molecule has 0 aliphatic rings. The zero-order valence-corrected chi connectivity index (χ0v) is 18.3. The van der Waals surface area contributed by atoms with E-state index in [-0.39, 0.29) is 12.6 Å². The van der Waals surface area contributed by atoms with Gasteiger partial charge in [0, 0.05) is 0 Å². The fourth-order valence-electron chi connectivity index (χ4n) is 3.49. The van der Waals surface area contributed by atoms with Crippen molar-refractivity contribution in [2.45, 2.75) is 38.8 Å². The molecule has 174 valence electrons. The standard InChI is InChI=1S/C26H24F4O3/c1-3-5-24(25(31)32-4-2)19-14-18(17-6-8-20(9-7-17)26(28,29)30)15-23(16-19)33-22-12-10-21(27)11-13-22/h6-16,24H,3-5H2,1-2H3. The topological polar surface area (TPSA) is 35.5 Å². The number of ether oxygens (including phenoxy) is 2. The van der Waals surface area contributed by atoms with E-state index in [4.69, 9.17) is 9.47 Å². The summed E-state index contributed by atoms with van der Waals surface area (Å²) in [7, 11) is 0.